The van der Waals surface area contributed by atoms with Crippen molar-refractivity contribution < 1.29 is 9.53 Å². The number of benzene rings is 1. The molecule has 4 rings (SSSR count). The number of esters is 1. The summed E-state index contributed by atoms with van der Waals surface area (Å²) < 4.78 is 5.05. The second-order valence-corrected chi connectivity index (χ2v) is 8.39. The molecule has 1 aromatic rings. The zero-order valence-corrected chi connectivity index (χ0v) is 15.9. The topological polar surface area (TPSA) is 41.6 Å². The average Bonchev–Trinajstić information content (AvgIpc) is 2.78. The Bertz CT molecular complexity index is 649. The number of nitrogens with one attached hydrogen (secondary N) is 1. The second-order valence-electron chi connectivity index (χ2n) is 7.25. The monoisotopic (exact) mass is 360 g/mol. The third-order valence-corrected chi connectivity index (χ3v) is 6.76. The van der Waals surface area contributed by atoms with Crippen molar-refractivity contribution in [3.05, 3.63) is 23.3 Å². The van der Waals surface area contributed by atoms with Gasteiger partial charge in [0.1, 0.15) is 0 Å². The Kier molecular flexibility index (Phi) is 5.23. The van der Waals surface area contributed by atoms with Crippen LogP contribution in [0.1, 0.15) is 49.7 Å². The maximum absolute atomic E-state index is 11.6. The number of piperidine rings is 1. The number of carbonyl (C=O) groups is 1. The highest BCUT2D eigenvalue weighted by Gasteiger charge is 2.41. The summed E-state index contributed by atoms with van der Waals surface area (Å²) >= 11 is 2.02. The quantitative estimate of drug-likeness (QED) is 0.816. The molecule has 4 nitrogen and oxygen atoms in total. The SMILES string of the molecule is CCOC(=O)CCCc1cc2c3c(c1)[C@@H]1CNCC[C@@H]1N3CCCS2. The highest BCUT2D eigenvalue weighted by molar-refractivity contribution is 7.99. The summed E-state index contributed by atoms with van der Waals surface area (Å²) in [5.41, 5.74) is 4.46. The van der Waals surface area contributed by atoms with Crippen molar-refractivity contribution in [1.29, 1.82) is 0 Å². The molecule has 0 aromatic heterocycles. The minimum absolute atomic E-state index is 0.0705. The van der Waals surface area contributed by atoms with Crippen LogP contribution >= 0.6 is 11.8 Å². The fourth-order valence-electron chi connectivity index (χ4n) is 4.60. The molecule has 0 amide bonds. The first-order valence-electron chi connectivity index (χ1n) is 9.70. The van der Waals surface area contributed by atoms with Gasteiger partial charge in [0, 0.05) is 36.4 Å². The Morgan fingerprint density at radius 2 is 2.36 bits per heavy atom. The molecule has 5 heteroatoms. The predicted molar refractivity (Wildman–Crippen MR) is 103 cm³/mol. The third-order valence-electron chi connectivity index (χ3n) is 5.65. The molecule has 25 heavy (non-hydrogen) atoms. The molecule has 0 spiro atoms. The van der Waals surface area contributed by atoms with Crippen LogP contribution in [0.3, 0.4) is 0 Å². The lowest BCUT2D eigenvalue weighted by Crippen LogP contribution is -2.44. The van der Waals surface area contributed by atoms with E-state index in [0.717, 1.165) is 25.9 Å². The molecule has 1 N–H and O–H groups in total. The summed E-state index contributed by atoms with van der Waals surface area (Å²) in [5.74, 6) is 1.77. The zero-order valence-electron chi connectivity index (χ0n) is 15.1. The normalized spacial score (nSPS) is 24.4. The fraction of sp³-hybridized carbons (Fsp3) is 0.650. The molecule has 3 aliphatic heterocycles. The number of ether oxygens (including phenoxy) is 1. The first-order valence-corrected chi connectivity index (χ1v) is 10.7. The molecule has 0 unspecified atom stereocenters. The molecular formula is C20H28N2O2S. The highest BCUT2D eigenvalue weighted by atomic mass is 32.2. The number of nitrogens with zero attached hydrogens (tertiary/aromatic N) is 1. The van der Waals surface area contributed by atoms with E-state index in [1.165, 1.54) is 41.3 Å². The van der Waals surface area contributed by atoms with E-state index in [-0.39, 0.29) is 5.97 Å². The Morgan fingerprint density at radius 3 is 3.24 bits per heavy atom. The van der Waals surface area contributed by atoms with E-state index in [0.29, 0.717) is 25.0 Å². The number of fused-ring (bicyclic) bond motifs is 3. The Hall–Kier alpha value is -1.20. The van der Waals surface area contributed by atoms with Crippen LogP contribution in [0, 0.1) is 0 Å². The van der Waals surface area contributed by atoms with Crippen molar-refractivity contribution in [2.45, 2.75) is 55.9 Å². The summed E-state index contributed by atoms with van der Waals surface area (Å²) in [5, 5.41) is 3.59. The Labute approximate surface area is 154 Å². The van der Waals surface area contributed by atoms with Crippen molar-refractivity contribution in [2.24, 2.45) is 0 Å². The van der Waals surface area contributed by atoms with E-state index in [9.17, 15) is 4.79 Å². The predicted octanol–water partition coefficient (Wildman–Crippen LogP) is 3.33. The van der Waals surface area contributed by atoms with Gasteiger partial charge in [-0.1, -0.05) is 6.07 Å². The first-order chi connectivity index (χ1) is 12.3. The van der Waals surface area contributed by atoms with Gasteiger partial charge < -0.3 is 15.0 Å². The summed E-state index contributed by atoms with van der Waals surface area (Å²) in [7, 11) is 0. The van der Waals surface area contributed by atoms with Gasteiger partial charge in [0.15, 0.2) is 0 Å². The van der Waals surface area contributed by atoms with E-state index >= 15 is 0 Å². The number of hydrogen-bond acceptors (Lipinski definition) is 5. The molecule has 0 bridgehead atoms. The van der Waals surface area contributed by atoms with Crippen molar-refractivity contribution >= 4 is 23.4 Å². The van der Waals surface area contributed by atoms with E-state index < -0.39 is 0 Å². The number of carbonyl (C=O) groups excluding carboxylic acids is 1. The van der Waals surface area contributed by atoms with Crippen LogP contribution in [-0.2, 0) is 16.0 Å². The van der Waals surface area contributed by atoms with E-state index in [2.05, 4.69) is 22.3 Å². The van der Waals surface area contributed by atoms with Crippen LogP contribution in [0.2, 0.25) is 0 Å². The van der Waals surface area contributed by atoms with Crippen molar-refractivity contribution in [3.8, 4) is 0 Å². The van der Waals surface area contributed by atoms with Gasteiger partial charge in [-0.15, -0.1) is 11.8 Å². The summed E-state index contributed by atoms with van der Waals surface area (Å²) in [6.07, 6.45) is 4.88. The van der Waals surface area contributed by atoms with Gasteiger partial charge in [0.05, 0.1) is 12.3 Å². The van der Waals surface area contributed by atoms with Crippen LogP contribution in [0.15, 0.2) is 17.0 Å². The third kappa shape index (κ3) is 3.41. The molecular weight excluding hydrogens is 332 g/mol. The molecule has 3 aliphatic rings. The van der Waals surface area contributed by atoms with Gasteiger partial charge in [-0.2, -0.15) is 0 Å². The van der Waals surface area contributed by atoms with Crippen molar-refractivity contribution in [1.82, 2.24) is 5.32 Å². The van der Waals surface area contributed by atoms with Crippen LogP contribution in [0.25, 0.3) is 0 Å². The smallest absolute Gasteiger partial charge is 0.305 e. The standard InChI is InChI=1S/C20H28N2O2S/c1-2-24-19(23)6-3-5-14-11-15-16-13-21-8-7-17(16)22-9-4-10-25-18(12-14)20(15)22/h11-12,16-17,21H,2-10,13H2,1H3/t16-,17-/m0/s1. The van der Waals surface area contributed by atoms with Gasteiger partial charge in [-0.3, -0.25) is 4.79 Å². The van der Waals surface area contributed by atoms with Gasteiger partial charge in [-0.25, -0.2) is 0 Å². The minimum Gasteiger partial charge on any atom is -0.466 e. The fourth-order valence-corrected chi connectivity index (χ4v) is 5.70. The highest BCUT2D eigenvalue weighted by Crippen LogP contribution is 2.50. The number of hydrogen-bond donors (Lipinski definition) is 1. The summed E-state index contributed by atoms with van der Waals surface area (Å²) in [6.45, 7) is 5.79. The van der Waals surface area contributed by atoms with E-state index in [1.807, 2.05) is 18.7 Å². The van der Waals surface area contributed by atoms with E-state index in [1.54, 1.807) is 5.56 Å². The number of anilines is 1. The first kappa shape index (κ1) is 17.2. The molecule has 1 fully saturated rings. The van der Waals surface area contributed by atoms with Crippen LogP contribution in [-0.4, -0.2) is 44.0 Å². The second kappa shape index (κ2) is 7.58. The lowest BCUT2D eigenvalue weighted by molar-refractivity contribution is -0.143. The number of thioether (sulfide) groups is 1. The largest absolute Gasteiger partial charge is 0.466 e. The Morgan fingerprint density at radius 1 is 1.44 bits per heavy atom. The minimum atomic E-state index is -0.0705. The van der Waals surface area contributed by atoms with Crippen molar-refractivity contribution in [2.75, 3.05) is 36.9 Å². The molecule has 0 aliphatic carbocycles. The summed E-state index contributed by atoms with van der Waals surface area (Å²) in [6, 6.07) is 5.50. The Balaban J connectivity index is 1.56. The molecule has 136 valence electrons. The zero-order chi connectivity index (χ0) is 17.2. The van der Waals surface area contributed by atoms with Crippen LogP contribution in [0.5, 0.6) is 0 Å². The van der Waals surface area contributed by atoms with Gasteiger partial charge >= 0.3 is 5.97 Å². The number of rotatable bonds is 5. The number of aryl methyl sites for hydroxylation is 1. The molecule has 0 saturated carbocycles. The average molecular weight is 361 g/mol. The maximum atomic E-state index is 11.6. The molecule has 0 radical (unpaired) electrons. The maximum Gasteiger partial charge on any atom is 0.305 e. The lowest BCUT2D eigenvalue weighted by Gasteiger charge is -2.33. The van der Waals surface area contributed by atoms with Crippen LogP contribution in [0.4, 0.5) is 5.69 Å². The molecule has 1 aromatic carbocycles. The van der Waals surface area contributed by atoms with Crippen LogP contribution < -0.4 is 10.2 Å². The van der Waals surface area contributed by atoms with Crippen molar-refractivity contribution in [3.63, 3.8) is 0 Å². The summed E-state index contributed by atoms with van der Waals surface area (Å²) in [4.78, 5) is 15.8. The molecule has 1 saturated heterocycles. The van der Waals surface area contributed by atoms with Gasteiger partial charge in [0.2, 0.25) is 0 Å². The lowest BCUT2D eigenvalue weighted by atomic mass is 9.89. The van der Waals surface area contributed by atoms with Gasteiger partial charge in [-0.05, 0) is 62.1 Å². The molecule has 3 heterocycles. The van der Waals surface area contributed by atoms with Gasteiger partial charge in [0.25, 0.3) is 0 Å². The molecule has 2 atom stereocenters. The van der Waals surface area contributed by atoms with E-state index in [4.69, 9.17) is 4.74 Å².